The number of hydrogen-bond acceptors (Lipinski definition) is 2. The molecule has 0 aromatic carbocycles. The van der Waals surface area contributed by atoms with Crippen molar-refractivity contribution < 1.29 is 9.90 Å². The molecule has 2 aromatic heterocycles. The first-order valence-corrected chi connectivity index (χ1v) is 5.47. The fraction of sp³-hybridized carbons (Fsp3) is 0.333. The molecule has 4 nitrogen and oxygen atoms in total. The number of aromatic carboxylic acids is 1. The van der Waals surface area contributed by atoms with E-state index in [9.17, 15) is 9.90 Å². The van der Waals surface area contributed by atoms with Gasteiger partial charge in [0.1, 0.15) is 11.3 Å². The second-order valence-electron chi connectivity index (χ2n) is 4.25. The van der Waals surface area contributed by atoms with Crippen LogP contribution in [0.3, 0.4) is 0 Å². The molecule has 0 bridgehead atoms. The van der Waals surface area contributed by atoms with Crippen LogP contribution in [0.5, 0.6) is 0 Å². The van der Waals surface area contributed by atoms with Gasteiger partial charge in [0, 0.05) is 11.6 Å². The molecule has 2 heterocycles. The van der Waals surface area contributed by atoms with E-state index in [0.717, 1.165) is 23.8 Å². The fourth-order valence-corrected chi connectivity index (χ4v) is 2.33. The van der Waals surface area contributed by atoms with Crippen LogP contribution in [0, 0.1) is 0 Å². The largest absolute Gasteiger partial charge is 0.477 e. The minimum atomic E-state index is -0.889. The van der Waals surface area contributed by atoms with Crippen molar-refractivity contribution in [2.24, 2.45) is 0 Å². The van der Waals surface area contributed by atoms with E-state index in [-0.39, 0.29) is 0 Å². The molecule has 16 heavy (non-hydrogen) atoms. The van der Waals surface area contributed by atoms with Gasteiger partial charge in [-0.3, -0.25) is 0 Å². The molecule has 0 amide bonds. The predicted molar refractivity (Wildman–Crippen MR) is 59.6 cm³/mol. The lowest BCUT2D eigenvalue weighted by Gasteiger charge is -2.25. The maximum absolute atomic E-state index is 11.2. The van der Waals surface area contributed by atoms with E-state index >= 15 is 0 Å². The summed E-state index contributed by atoms with van der Waals surface area (Å²) >= 11 is 0. The van der Waals surface area contributed by atoms with Crippen molar-refractivity contribution in [3.63, 3.8) is 0 Å². The van der Waals surface area contributed by atoms with Crippen molar-refractivity contribution in [3.8, 4) is 0 Å². The highest BCUT2D eigenvalue weighted by molar-refractivity contribution is 5.96. The minimum Gasteiger partial charge on any atom is -0.477 e. The SMILES string of the molecule is O=C(O)c1[nH]c2ncccc2c1C1CCC1. The van der Waals surface area contributed by atoms with E-state index in [1.165, 1.54) is 6.42 Å². The molecule has 0 radical (unpaired) electrons. The van der Waals surface area contributed by atoms with Crippen LogP contribution in [0.2, 0.25) is 0 Å². The maximum atomic E-state index is 11.2. The van der Waals surface area contributed by atoms with Crippen molar-refractivity contribution >= 4 is 17.0 Å². The molecule has 1 saturated carbocycles. The highest BCUT2D eigenvalue weighted by Crippen LogP contribution is 2.41. The van der Waals surface area contributed by atoms with Gasteiger partial charge in [-0.1, -0.05) is 6.42 Å². The summed E-state index contributed by atoms with van der Waals surface area (Å²) < 4.78 is 0. The monoisotopic (exact) mass is 216 g/mol. The minimum absolute atomic E-state index is 0.318. The van der Waals surface area contributed by atoms with E-state index in [1.807, 2.05) is 12.1 Å². The van der Waals surface area contributed by atoms with E-state index in [4.69, 9.17) is 0 Å². The average molecular weight is 216 g/mol. The van der Waals surface area contributed by atoms with Crippen LogP contribution >= 0.6 is 0 Å². The Bertz CT molecular complexity index is 555. The van der Waals surface area contributed by atoms with Gasteiger partial charge in [0.15, 0.2) is 0 Å². The molecule has 1 aliphatic carbocycles. The third-order valence-electron chi connectivity index (χ3n) is 3.34. The zero-order chi connectivity index (χ0) is 11.1. The first-order valence-electron chi connectivity index (χ1n) is 5.47. The molecule has 0 unspecified atom stereocenters. The molecule has 3 rings (SSSR count). The van der Waals surface area contributed by atoms with E-state index in [1.54, 1.807) is 6.20 Å². The van der Waals surface area contributed by atoms with Crippen LogP contribution in [-0.4, -0.2) is 21.0 Å². The first-order chi connectivity index (χ1) is 7.77. The number of nitrogens with zero attached hydrogens (tertiary/aromatic N) is 1. The first kappa shape index (κ1) is 9.39. The third kappa shape index (κ3) is 1.23. The van der Waals surface area contributed by atoms with Crippen molar-refractivity contribution in [3.05, 3.63) is 29.6 Å². The summed E-state index contributed by atoms with van der Waals surface area (Å²) in [4.78, 5) is 18.2. The lowest BCUT2D eigenvalue weighted by atomic mass is 9.79. The molecule has 0 atom stereocenters. The number of carbonyl (C=O) groups is 1. The molecule has 1 aliphatic rings. The number of hydrogen-bond donors (Lipinski definition) is 2. The number of H-pyrrole nitrogens is 1. The summed E-state index contributed by atoms with van der Waals surface area (Å²) in [5, 5.41) is 10.1. The normalized spacial score (nSPS) is 16.2. The molecule has 1 fully saturated rings. The van der Waals surface area contributed by atoms with Gasteiger partial charge in [-0.2, -0.15) is 0 Å². The maximum Gasteiger partial charge on any atom is 0.352 e. The summed E-state index contributed by atoms with van der Waals surface area (Å²) in [5.41, 5.74) is 1.95. The van der Waals surface area contributed by atoms with Gasteiger partial charge in [-0.25, -0.2) is 9.78 Å². The van der Waals surface area contributed by atoms with Crippen LogP contribution < -0.4 is 0 Å². The molecule has 0 aliphatic heterocycles. The second-order valence-corrected chi connectivity index (χ2v) is 4.25. The Labute approximate surface area is 92.3 Å². The van der Waals surface area contributed by atoms with Gasteiger partial charge in [-0.05, 0) is 36.5 Å². The number of fused-ring (bicyclic) bond motifs is 1. The molecular formula is C12H12N2O2. The smallest absolute Gasteiger partial charge is 0.352 e. The number of aromatic amines is 1. The molecule has 4 heteroatoms. The van der Waals surface area contributed by atoms with Crippen LogP contribution in [0.15, 0.2) is 18.3 Å². The highest BCUT2D eigenvalue weighted by atomic mass is 16.4. The molecule has 82 valence electrons. The molecular weight excluding hydrogens is 204 g/mol. The van der Waals surface area contributed by atoms with E-state index < -0.39 is 5.97 Å². The van der Waals surface area contributed by atoms with Gasteiger partial charge < -0.3 is 10.1 Å². The number of rotatable bonds is 2. The predicted octanol–water partition coefficient (Wildman–Crippen LogP) is 2.53. The van der Waals surface area contributed by atoms with Gasteiger partial charge in [0.05, 0.1) is 0 Å². The Morgan fingerprint density at radius 3 is 2.94 bits per heavy atom. The fourth-order valence-electron chi connectivity index (χ4n) is 2.33. The topological polar surface area (TPSA) is 66.0 Å². The Balaban J connectivity index is 2.26. The van der Waals surface area contributed by atoms with Gasteiger partial charge in [0.2, 0.25) is 0 Å². The summed E-state index contributed by atoms with van der Waals surface area (Å²) in [7, 11) is 0. The highest BCUT2D eigenvalue weighted by Gasteiger charge is 2.28. The van der Waals surface area contributed by atoms with Gasteiger partial charge in [-0.15, -0.1) is 0 Å². The summed E-state index contributed by atoms with van der Waals surface area (Å²) in [5.74, 6) is -0.496. The van der Waals surface area contributed by atoms with Gasteiger partial charge >= 0.3 is 5.97 Å². The Morgan fingerprint density at radius 1 is 1.50 bits per heavy atom. The van der Waals surface area contributed by atoms with Crippen molar-refractivity contribution in [2.75, 3.05) is 0 Å². The molecule has 2 aromatic rings. The summed E-state index contributed by atoms with van der Waals surface area (Å²) in [6.45, 7) is 0. The lowest BCUT2D eigenvalue weighted by Crippen LogP contribution is -2.12. The lowest BCUT2D eigenvalue weighted by molar-refractivity contribution is 0.0689. The van der Waals surface area contributed by atoms with Crippen molar-refractivity contribution in [1.29, 1.82) is 0 Å². The molecule has 0 saturated heterocycles. The number of carboxylic acids is 1. The van der Waals surface area contributed by atoms with E-state index in [2.05, 4.69) is 9.97 Å². The average Bonchev–Trinajstić information content (AvgIpc) is 2.56. The van der Waals surface area contributed by atoms with Crippen molar-refractivity contribution in [1.82, 2.24) is 9.97 Å². The Hall–Kier alpha value is -1.84. The van der Waals surface area contributed by atoms with Crippen molar-refractivity contribution in [2.45, 2.75) is 25.2 Å². The van der Waals surface area contributed by atoms with Crippen LogP contribution in [-0.2, 0) is 0 Å². The molecule has 2 N–H and O–H groups in total. The van der Waals surface area contributed by atoms with Gasteiger partial charge in [0.25, 0.3) is 0 Å². The zero-order valence-corrected chi connectivity index (χ0v) is 8.73. The Morgan fingerprint density at radius 2 is 2.31 bits per heavy atom. The standard InChI is InChI=1S/C12H12N2O2/c15-12(16)10-9(7-3-1-4-7)8-5-2-6-13-11(8)14-10/h2,5-7H,1,3-4H2,(H,13,14)(H,15,16). The number of aromatic nitrogens is 2. The number of nitrogens with one attached hydrogen (secondary N) is 1. The van der Waals surface area contributed by atoms with E-state index in [0.29, 0.717) is 17.3 Å². The summed E-state index contributed by atoms with van der Waals surface area (Å²) in [6.07, 6.45) is 5.04. The van der Waals surface area contributed by atoms with Crippen LogP contribution in [0.25, 0.3) is 11.0 Å². The quantitative estimate of drug-likeness (QED) is 0.810. The Kier molecular flexibility index (Phi) is 1.96. The van der Waals surface area contributed by atoms with Crippen LogP contribution in [0.4, 0.5) is 0 Å². The molecule has 0 spiro atoms. The zero-order valence-electron chi connectivity index (χ0n) is 8.73. The summed E-state index contributed by atoms with van der Waals surface area (Å²) in [6, 6.07) is 3.79. The second kappa shape index (κ2) is 3.33. The number of carboxylic acid groups (broad SMARTS) is 1. The third-order valence-corrected chi connectivity index (χ3v) is 3.34. The number of pyridine rings is 1. The van der Waals surface area contributed by atoms with Crippen LogP contribution in [0.1, 0.15) is 41.2 Å².